The molecule has 1 aliphatic heterocycles. The maximum absolute atomic E-state index is 13.1. The molecule has 1 N–H and O–H groups in total. The van der Waals surface area contributed by atoms with Gasteiger partial charge in [-0.15, -0.1) is 0 Å². The maximum Gasteiger partial charge on any atom is 0.295 e. The molecule has 0 radical (unpaired) electrons. The van der Waals surface area contributed by atoms with Crippen LogP contribution in [0.5, 0.6) is 5.75 Å². The Labute approximate surface area is 215 Å². The molecule has 1 aliphatic rings. The number of benzene rings is 3. The minimum atomic E-state index is -0.726. The van der Waals surface area contributed by atoms with E-state index < -0.39 is 17.7 Å². The number of ether oxygens (including phenoxy) is 2. The monoisotopic (exact) mass is 505 g/mol. The number of carbonyl (C=O) groups excluding carboxylic acids is 2. The molecule has 1 fully saturated rings. The number of Topliss-reactive ketones (excluding diaryl/α,β-unsaturated/α-hetero) is 1. The van der Waals surface area contributed by atoms with Crippen molar-refractivity contribution in [2.45, 2.75) is 26.0 Å². The Morgan fingerprint density at radius 2 is 1.75 bits per heavy atom. The molecule has 0 spiro atoms. The van der Waals surface area contributed by atoms with Gasteiger partial charge in [0.15, 0.2) is 0 Å². The molecule has 3 aromatic rings. The van der Waals surface area contributed by atoms with Crippen molar-refractivity contribution in [3.63, 3.8) is 0 Å². The van der Waals surface area contributed by atoms with Crippen LogP contribution in [0.4, 0.5) is 0 Å². The summed E-state index contributed by atoms with van der Waals surface area (Å²) in [5.74, 6) is -0.967. The van der Waals surface area contributed by atoms with Gasteiger partial charge in [-0.25, -0.2) is 0 Å². The second kappa shape index (κ2) is 11.4. The Hall–Kier alpha value is -3.61. The molecular weight excluding hydrogens is 478 g/mol. The average Bonchev–Trinajstić information content (AvgIpc) is 3.13. The number of aliphatic hydroxyl groups is 1. The molecule has 6 nitrogen and oxygen atoms in total. The fourth-order valence-corrected chi connectivity index (χ4v) is 4.44. The molecule has 0 saturated carbocycles. The van der Waals surface area contributed by atoms with Crippen molar-refractivity contribution in [1.82, 2.24) is 4.90 Å². The molecule has 7 heteroatoms. The first-order valence-corrected chi connectivity index (χ1v) is 12.1. The normalized spacial score (nSPS) is 17.0. The first-order chi connectivity index (χ1) is 17.4. The molecule has 3 aromatic carbocycles. The average molecular weight is 506 g/mol. The van der Waals surface area contributed by atoms with E-state index in [0.717, 1.165) is 11.1 Å². The highest BCUT2D eigenvalue weighted by Crippen LogP contribution is 2.40. The van der Waals surface area contributed by atoms with Gasteiger partial charge in [-0.1, -0.05) is 53.6 Å². The first-order valence-electron chi connectivity index (χ1n) is 11.7. The van der Waals surface area contributed by atoms with Gasteiger partial charge < -0.3 is 19.5 Å². The summed E-state index contributed by atoms with van der Waals surface area (Å²) in [5.41, 5.74) is 3.37. The lowest BCUT2D eigenvalue weighted by molar-refractivity contribution is -0.140. The van der Waals surface area contributed by atoms with Gasteiger partial charge in [0, 0.05) is 30.8 Å². The number of carbonyl (C=O) groups is 2. The van der Waals surface area contributed by atoms with Crippen LogP contribution in [0.2, 0.25) is 5.02 Å². The summed E-state index contributed by atoms with van der Waals surface area (Å²) in [6.45, 7) is 3.20. The second-order valence-electron chi connectivity index (χ2n) is 8.69. The van der Waals surface area contributed by atoms with Crippen molar-refractivity contribution in [1.29, 1.82) is 0 Å². The number of likely N-dealkylation sites (tertiary alicyclic amines) is 1. The third-order valence-electron chi connectivity index (χ3n) is 6.09. The lowest BCUT2D eigenvalue weighted by Crippen LogP contribution is -2.31. The molecule has 1 heterocycles. The molecule has 1 saturated heterocycles. The molecule has 1 unspecified atom stereocenters. The molecule has 186 valence electrons. The fraction of sp³-hybridized carbons (Fsp3) is 0.241. The fourth-order valence-electron chi connectivity index (χ4n) is 4.31. The van der Waals surface area contributed by atoms with Gasteiger partial charge in [0.05, 0.1) is 11.6 Å². The summed E-state index contributed by atoms with van der Waals surface area (Å²) < 4.78 is 11.0. The Morgan fingerprint density at radius 3 is 2.42 bits per heavy atom. The first kappa shape index (κ1) is 25.5. The van der Waals surface area contributed by atoms with Gasteiger partial charge >= 0.3 is 0 Å². The second-order valence-corrected chi connectivity index (χ2v) is 9.13. The van der Waals surface area contributed by atoms with Crippen LogP contribution in [0, 0.1) is 6.92 Å². The number of methoxy groups -OCH3 is 1. The van der Waals surface area contributed by atoms with Crippen LogP contribution in [0.25, 0.3) is 5.76 Å². The van der Waals surface area contributed by atoms with E-state index in [1.165, 1.54) is 4.90 Å². The number of halogens is 1. The van der Waals surface area contributed by atoms with Crippen LogP contribution in [0.3, 0.4) is 0 Å². The number of nitrogens with zero attached hydrogens (tertiary/aromatic N) is 1. The predicted molar refractivity (Wildman–Crippen MR) is 139 cm³/mol. The van der Waals surface area contributed by atoms with Gasteiger partial charge in [-0.3, -0.25) is 9.59 Å². The summed E-state index contributed by atoms with van der Waals surface area (Å²) in [7, 11) is 1.58. The maximum atomic E-state index is 13.1. The number of rotatable bonds is 9. The zero-order chi connectivity index (χ0) is 25.7. The highest BCUT2D eigenvalue weighted by molar-refractivity contribution is 6.46. The Balaban J connectivity index is 1.62. The SMILES string of the molecule is COCCCN1C(=O)C(=O)C(=C(O)c2ccc(OCc3cccc(C)c3)cc2)C1c1ccc(Cl)cc1. The molecule has 0 bridgehead atoms. The lowest BCUT2D eigenvalue weighted by atomic mass is 9.95. The van der Waals surface area contributed by atoms with Gasteiger partial charge in [0.2, 0.25) is 0 Å². The van der Waals surface area contributed by atoms with E-state index in [1.807, 2.05) is 25.1 Å². The van der Waals surface area contributed by atoms with E-state index in [2.05, 4.69) is 6.07 Å². The Kier molecular flexibility index (Phi) is 8.08. The highest BCUT2D eigenvalue weighted by atomic mass is 35.5. The van der Waals surface area contributed by atoms with Crippen LogP contribution in [0.1, 0.15) is 34.7 Å². The van der Waals surface area contributed by atoms with Crippen molar-refractivity contribution in [3.05, 3.63) is 106 Å². The van der Waals surface area contributed by atoms with E-state index in [-0.39, 0.29) is 11.3 Å². The van der Waals surface area contributed by atoms with Crippen LogP contribution < -0.4 is 4.74 Å². The van der Waals surface area contributed by atoms with Crippen molar-refractivity contribution >= 4 is 29.1 Å². The molecule has 4 rings (SSSR count). The minimum absolute atomic E-state index is 0.0492. The van der Waals surface area contributed by atoms with E-state index in [4.69, 9.17) is 21.1 Å². The van der Waals surface area contributed by atoms with Gasteiger partial charge in [-0.2, -0.15) is 0 Å². The number of hydrogen-bond acceptors (Lipinski definition) is 5. The zero-order valence-electron chi connectivity index (χ0n) is 20.2. The summed E-state index contributed by atoms with van der Waals surface area (Å²) in [5, 5.41) is 11.7. The topological polar surface area (TPSA) is 76.1 Å². The molecule has 0 aliphatic carbocycles. The number of amides is 1. The van der Waals surface area contributed by atoms with E-state index in [9.17, 15) is 14.7 Å². The highest BCUT2D eigenvalue weighted by Gasteiger charge is 2.45. The van der Waals surface area contributed by atoms with E-state index in [0.29, 0.717) is 48.1 Å². The number of aliphatic hydroxyl groups excluding tert-OH is 1. The van der Waals surface area contributed by atoms with Crippen LogP contribution in [-0.4, -0.2) is 42.0 Å². The predicted octanol–water partition coefficient (Wildman–Crippen LogP) is 5.69. The minimum Gasteiger partial charge on any atom is -0.507 e. The molecular formula is C29H28ClNO5. The lowest BCUT2D eigenvalue weighted by Gasteiger charge is -2.25. The van der Waals surface area contributed by atoms with Crippen LogP contribution in [-0.2, 0) is 20.9 Å². The largest absolute Gasteiger partial charge is 0.507 e. The summed E-state index contributed by atoms with van der Waals surface area (Å²) in [4.78, 5) is 27.5. The van der Waals surface area contributed by atoms with Crippen molar-refractivity contribution in [3.8, 4) is 5.75 Å². The number of aryl methyl sites for hydroxylation is 1. The Morgan fingerprint density at radius 1 is 1.03 bits per heavy atom. The molecule has 0 aromatic heterocycles. The third-order valence-corrected chi connectivity index (χ3v) is 6.34. The van der Waals surface area contributed by atoms with Crippen molar-refractivity contribution in [2.75, 3.05) is 20.3 Å². The molecule has 1 amide bonds. The zero-order valence-corrected chi connectivity index (χ0v) is 21.0. The van der Waals surface area contributed by atoms with Crippen LogP contribution in [0.15, 0.2) is 78.4 Å². The van der Waals surface area contributed by atoms with Gasteiger partial charge in [0.1, 0.15) is 18.1 Å². The summed E-state index contributed by atoms with van der Waals surface area (Å²) in [6.07, 6.45) is 0.556. The van der Waals surface area contributed by atoms with Gasteiger partial charge in [0.25, 0.3) is 11.7 Å². The Bertz CT molecular complexity index is 1270. The van der Waals surface area contributed by atoms with Crippen molar-refractivity contribution in [2.24, 2.45) is 0 Å². The smallest absolute Gasteiger partial charge is 0.295 e. The summed E-state index contributed by atoms with van der Waals surface area (Å²) in [6, 6.07) is 21.1. The molecule has 36 heavy (non-hydrogen) atoms. The molecule has 1 atom stereocenters. The number of hydrogen-bond donors (Lipinski definition) is 1. The van der Waals surface area contributed by atoms with Crippen molar-refractivity contribution < 1.29 is 24.2 Å². The quantitative estimate of drug-likeness (QED) is 0.175. The third kappa shape index (κ3) is 5.61. The van der Waals surface area contributed by atoms with Crippen LogP contribution >= 0.6 is 11.6 Å². The van der Waals surface area contributed by atoms with E-state index >= 15 is 0 Å². The summed E-state index contributed by atoms with van der Waals surface area (Å²) >= 11 is 6.06. The number of ketones is 1. The standard InChI is InChI=1S/C29H28ClNO5/c1-19-5-3-6-20(17-19)18-36-24-13-9-22(10-14-24)27(32)25-26(21-7-11-23(30)12-8-21)31(15-4-16-35-2)29(34)28(25)33/h3,5-14,17,26,32H,4,15-16,18H2,1-2H3. The van der Waals surface area contributed by atoms with E-state index in [1.54, 1.807) is 55.6 Å². The van der Waals surface area contributed by atoms with Gasteiger partial charge in [-0.05, 0) is 60.9 Å².